The molecule has 0 aromatic rings. The molecule has 0 saturated carbocycles. The average molecular weight is 949 g/mol. The van der Waals surface area contributed by atoms with E-state index in [4.69, 9.17) is 4.74 Å². The molecule has 0 fully saturated rings. The zero-order chi connectivity index (χ0) is 48.6. The molecule has 0 aliphatic carbocycles. The van der Waals surface area contributed by atoms with Crippen LogP contribution in [-0.4, -0.2) is 47.4 Å². The molecule has 0 radical (unpaired) electrons. The fraction of sp³-hybridized carbons (Fsp3) is 0.967. The third-order valence-corrected chi connectivity index (χ3v) is 14.7. The third kappa shape index (κ3) is 54.0. The predicted octanol–water partition coefficient (Wildman–Crippen LogP) is 19.1. The Morgan fingerprint density at radius 2 is 0.612 bits per heavy atom. The number of amides is 1. The highest BCUT2D eigenvalue weighted by molar-refractivity contribution is 5.76. The first kappa shape index (κ1) is 65.9. The zero-order valence-corrected chi connectivity index (χ0v) is 45.7. The van der Waals surface area contributed by atoms with Gasteiger partial charge in [-0.3, -0.25) is 9.59 Å². The average Bonchev–Trinajstić information content (AvgIpc) is 3.33. The number of aliphatic hydroxyl groups excluding tert-OH is 2. The molecular weight excluding hydrogens is 827 g/mol. The van der Waals surface area contributed by atoms with Crippen LogP contribution in [0.3, 0.4) is 0 Å². The first-order chi connectivity index (χ1) is 33.0. The molecule has 2 unspecified atom stereocenters. The number of carbonyl (C=O) groups is 2. The van der Waals surface area contributed by atoms with Crippen molar-refractivity contribution in [1.82, 2.24) is 5.32 Å². The molecule has 6 nitrogen and oxygen atoms in total. The molecule has 6 heteroatoms. The zero-order valence-electron chi connectivity index (χ0n) is 45.7. The number of hydrogen-bond donors (Lipinski definition) is 3. The highest BCUT2D eigenvalue weighted by Gasteiger charge is 2.20. The molecule has 0 saturated heterocycles. The summed E-state index contributed by atoms with van der Waals surface area (Å²) in [7, 11) is 0. The van der Waals surface area contributed by atoms with Crippen LogP contribution in [0, 0.1) is 0 Å². The summed E-state index contributed by atoms with van der Waals surface area (Å²) in [6.07, 6.45) is 66.8. The van der Waals surface area contributed by atoms with Gasteiger partial charge in [-0.05, 0) is 25.7 Å². The number of hydrogen-bond acceptors (Lipinski definition) is 5. The monoisotopic (exact) mass is 948 g/mol. The second-order valence-electron chi connectivity index (χ2n) is 21.4. The normalized spacial score (nSPS) is 12.5. The van der Waals surface area contributed by atoms with Gasteiger partial charge in [0.1, 0.15) is 0 Å². The summed E-state index contributed by atoms with van der Waals surface area (Å²) < 4.78 is 5.49. The second kappa shape index (κ2) is 57.4. The molecule has 0 bridgehead atoms. The molecule has 67 heavy (non-hydrogen) atoms. The lowest BCUT2D eigenvalue weighted by molar-refractivity contribution is -0.143. The minimum atomic E-state index is -0.662. The van der Waals surface area contributed by atoms with Crippen LogP contribution < -0.4 is 5.32 Å². The summed E-state index contributed by atoms with van der Waals surface area (Å²) >= 11 is 0. The van der Waals surface area contributed by atoms with Gasteiger partial charge in [-0.1, -0.05) is 316 Å². The van der Waals surface area contributed by atoms with E-state index in [0.29, 0.717) is 25.9 Å². The van der Waals surface area contributed by atoms with Crippen molar-refractivity contribution in [2.45, 2.75) is 366 Å². The van der Waals surface area contributed by atoms with E-state index in [2.05, 4.69) is 19.2 Å². The topological polar surface area (TPSA) is 95.9 Å². The second-order valence-corrected chi connectivity index (χ2v) is 21.4. The Kier molecular flexibility index (Phi) is 56.5. The van der Waals surface area contributed by atoms with Crippen molar-refractivity contribution in [3.8, 4) is 0 Å². The molecule has 0 aromatic heterocycles. The van der Waals surface area contributed by atoms with Crippen LogP contribution in [0.25, 0.3) is 0 Å². The van der Waals surface area contributed by atoms with Crippen molar-refractivity contribution >= 4 is 11.9 Å². The van der Waals surface area contributed by atoms with Crippen LogP contribution in [0.5, 0.6) is 0 Å². The number of unbranched alkanes of at least 4 members (excludes halogenated alkanes) is 47. The minimum absolute atomic E-state index is 0.0171. The first-order valence-electron chi connectivity index (χ1n) is 30.8. The highest BCUT2D eigenvalue weighted by atomic mass is 16.5. The lowest BCUT2D eigenvalue weighted by Gasteiger charge is -2.22. The minimum Gasteiger partial charge on any atom is -0.466 e. The maximum Gasteiger partial charge on any atom is 0.305 e. The molecule has 2 atom stereocenters. The van der Waals surface area contributed by atoms with Crippen molar-refractivity contribution in [2.75, 3.05) is 13.2 Å². The number of esters is 1. The molecule has 0 spiro atoms. The van der Waals surface area contributed by atoms with E-state index in [1.807, 2.05) is 0 Å². The van der Waals surface area contributed by atoms with Gasteiger partial charge in [0.25, 0.3) is 0 Å². The maximum absolute atomic E-state index is 12.5. The number of rotatable bonds is 58. The van der Waals surface area contributed by atoms with Gasteiger partial charge >= 0.3 is 5.97 Å². The molecular formula is C61H121NO5. The Morgan fingerprint density at radius 1 is 0.358 bits per heavy atom. The Balaban J connectivity index is 3.34. The Hall–Kier alpha value is -1.14. The largest absolute Gasteiger partial charge is 0.466 e. The molecule has 0 aliphatic heterocycles. The van der Waals surface area contributed by atoms with Crippen LogP contribution in [0.15, 0.2) is 0 Å². The number of aliphatic hydroxyl groups is 2. The van der Waals surface area contributed by atoms with Gasteiger partial charge in [0.05, 0.1) is 25.4 Å². The van der Waals surface area contributed by atoms with E-state index >= 15 is 0 Å². The van der Waals surface area contributed by atoms with E-state index in [9.17, 15) is 19.8 Å². The van der Waals surface area contributed by atoms with Crippen molar-refractivity contribution in [2.24, 2.45) is 0 Å². The van der Waals surface area contributed by atoms with E-state index < -0.39 is 12.1 Å². The number of nitrogens with one attached hydrogen (secondary N) is 1. The van der Waals surface area contributed by atoms with Crippen LogP contribution >= 0.6 is 0 Å². The van der Waals surface area contributed by atoms with Gasteiger partial charge in [0.2, 0.25) is 5.91 Å². The van der Waals surface area contributed by atoms with E-state index in [0.717, 1.165) is 38.5 Å². The highest BCUT2D eigenvalue weighted by Crippen LogP contribution is 2.18. The van der Waals surface area contributed by atoms with Crippen LogP contribution in [0.1, 0.15) is 354 Å². The SMILES string of the molecule is CCCCCCCCCCCCCCCCCC(=O)OCCCCCCCCCCCCCCCCCCCCCCCCC(=O)NC(CO)C(O)CCCCCCCCCCCCCCC. The van der Waals surface area contributed by atoms with Gasteiger partial charge in [0.15, 0.2) is 0 Å². The van der Waals surface area contributed by atoms with Crippen LogP contribution in [-0.2, 0) is 14.3 Å². The summed E-state index contributed by atoms with van der Waals surface area (Å²) in [5.74, 6) is -0.0158. The number of carbonyl (C=O) groups excluding carboxylic acids is 2. The summed E-state index contributed by atoms with van der Waals surface area (Å²) in [5, 5.41) is 23.2. The number of ether oxygens (including phenoxy) is 1. The maximum atomic E-state index is 12.5. The van der Waals surface area contributed by atoms with Crippen molar-refractivity contribution in [3.63, 3.8) is 0 Å². The first-order valence-corrected chi connectivity index (χ1v) is 30.8. The lowest BCUT2D eigenvalue weighted by atomic mass is 10.0. The summed E-state index contributed by atoms with van der Waals surface area (Å²) in [6, 6.07) is -0.539. The quantitative estimate of drug-likeness (QED) is 0.0417. The Labute approximate surface area is 419 Å². The molecule has 1 amide bonds. The van der Waals surface area contributed by atoms with Gasteiger partial charge in [-0.25, -0.2) is 0 Å². The van der Waals surface area contributed by atoms with Crippen molar-refractivity contribution in [1.29, 1.82) is 0 Å². The van der Waals surface area contributed by atoms with Gasteiger partial charge < -0.3 is 20.3 Å². The smallest absolute Gasteiger partial charge is 0.305 e. The van der Waals surface area contributed by atoms with Gasteiger partial charge in [-0.2, -0.15) is 0 Å². The Morgan fingerprint density at radius 3 is 0.910 bits per heavy atom. The summed E-state index contributed by atoms with van der Waals surface area (Å²) in [4.78, 5) is 24.5. The fourth-order valence-corrected chi connectivity index (χ4v) is 9.94. The van der Waals surface area contributed by atoms with E-state index in [-0.39, 0.29) is 18.5 Å². The molecule has 3 N–H and O–H groups in total. The van der Waals surface area contributed by atoms with Gasteiger partial charge in [-0.15, -0.1) is 0 Å². The van der Waals surface area contributed by atoms with Crippen LogP contribution in [0.2, 0.25) is 0 Å². The Bertz CT molecular complexity index is 959. The van der Waals surface area contributed by atoms with E-state index in [1.54, 1.807) is 0 Å². The molecule has 400 valence electrons. The van der Waals surface area contributed by atoms with Crippen molar-refractivity contribution < 1.29 is 24.5 Å². The third-order valence-electron chi connectivity index (χ3n) is 14.7. The lowest BCUT2D eigenvalue weighted by Crippen LogP contribution is -2.45. The van der Waals surface area contributed by atoms with E-state index in [1.165, 1.54) is 283 Å². The molecule has 0 heterocycles. The summed E-state index contributed by atoms with van der Waals surface area (Å²) in [6.45, 7) is 4.98. The van der Waals surface area contributed by atoms with Gasteiger partial charge in [0, 0.05) is 12.8 Å². The molecule has 0 aromatic carbocycles. The predicted molar refractivity (Wildman–Crippen MR) is 292 cm³/mol. The van der Waals surface area contributed by atoms with Crippen LogP contribution in [0.4, 0.5) is 0 Å². The molecule has 0 aliphatic rings. The summed E-state index contributed by atoms with van der Waals surface area (Å²) in [5.41, 5.74) is 0. The molecule has 0 rings (SSSR count). The standard InChI is InChI=1S/C61H121NO5/c1-3-5-7-9-11-13-15-17-26-31-35-39-43-47-51-55-61(66)67-56-52-48-44-40-36-32-28-25-23-21-19-18-20-22-24-27-30-34-38-42-46-50-54-60(65)62-58(57-63)59(64)53-49-45-41-37-33-29-16-14-12-10-8-6-4-2/h58-59,63-64H,3-57H2,1-2H3,(H,62,65). The fourth-order valence-electron chi connectivity index (χ4n) is 9.94. The van der Waals surface area contributed by atoms with Crippen molar-refractivity contribution in [3.05, 3.63) is 0 Å².